The molecule has 3 aromatic rings. The average molecular weight is 375 g/mol. The molecule has 1 aliphatic rings. The van der Waals surface area contributed by atoms with Crippen LogP contribution in [0.3, 0.4) is 0 Å². The summed E-state index contributed by atoms with van der Waals surface area (Å²) in [6, 6.07) is 20.0. The lowest BCUT2D eigenvalue weighted by atomic mass is 9.98. The first-order chi connectivity index (χ1) is 13.7. The van der Waals surface area contributed by atoms with Gasteiger partial charge in [0.05, 0.1) is 12.3 Å². The number of carbonyl (C=O) groups excluding carboxylic acids is 1. The zero-order valence-corrected chi connectivity index (χ0v) is 16.0. The number of aryl methyl sites for hydroxylation is 1. The van der Waals surface area contributed by atoms with E-state index < -0.39 is 0 Å². The summed E-state index contributed by atoms with van der Waals surface area (Å²) in [4.78, 5) is 14.7. The number of benzene rings is 2. The van der Waals surface area contributed by atoms with Crippen LogP contribution < -0.4 is 10.6 Å². The van der Waals surface area contributed by atoms with Crippen LogP contribution in [0, 0.1) is 6.92 Å². The van der Waals surface area contributed by atoms with Crippen LogP contribution in [0.15, 0.2) is 71.3 Å². The summed E-state index contributed by atoms with van der Waals surface area (Å²) in [5.41, 5.74) is 4.69. The summed E-state index contributed by atoms with van der Waals surface area (Å²) in [5, 5.41) is 5.89. The maximum Gasteiger partial charge on any atom is 0.319 e. The lowest BCUT2D eigenvalue weighted by Gasteiger charge is -2.34. The van der Waals surface area contributed by atoms with Gasteiger partial charge in [0.2, 0.25) is 0 Å². The Hall–Kier alpha value is -3.05. The maximum atomic E-state index is 12.4. The zero-order valence-electron chi connectivity index (χ0n) is 16.0. The Morgan fingerprint density at radius 1 is 1.07 bits per heavy atom. The molecule has 1 aliphatic heterocycles. The Morgan fingerprint density at radius 2 is 1.86 bits per heavy atom. The first-order valence-electron chi connectivity index (χ1n) is 9.65. The van der Waals surface area contributed by atoms with E-state index in [9.17, 15) is 4.79 Å². The predicted octanol–water partition coefficient (Wildman–Crippen LogP) is 4.51. The highest BCUT2D eigenvalue weighted by atomic mass is 16.3. The summed E-state index contributed by atoms with van der Waals surface area (Å²) in [6.07, 6.45) is 2.69. The first-order valence-corrected chi connectivity index (χ1v) is 9.65. The van der Waals surface area contributed by atoms with Crippen molar-refractivity contribution in [3.63, 3.8) is 0 Å². The van der Waals surface area contributed by atoms with Crippen molar-refractivity contribution in [2.45, 2.75) is 25.9 Å². The Bertz CT molecular complexity index is 919. The van der Waals surface area contributed by atoms with Gasteiger partial charge >= 0.3 is 6.03 Å². The van der Waals surface area contributed by atoms with E-state index in [4.69, 9.17) is 4.42 Å². The molecule has 0 fully saturated rings. The van der Waals surface area contributed by atoms with Crippen LogP contribution in [0.25, 0.3) is 0 Å². The quantitative estimate of drug-likeness (QED) is 0.690. The molecule has 0 unspecified atom stereocenters. The zero-order chi connectivity index (χ0) is 19.3. The number of fused-ring (bicyclic) bond motifs is 1. The molecular weight excluding hydrogens is 350 g/mol. The molecule has 1 aromatic heterocycles. The molecule has 2 heterocycles. The van der Waals surface area contributed by atoms with Gasteiger partial charge in [-0.2, -0.15) is 0 Å². The molecule has 0 radical (unpaired) electrons. The predicted molar refractivity (Wildman–Crippen MR) is 110 cm³/mol. The minimum absolute atomic E-state index is 0.00729. The fourth-order valence-electron chi connectivity index (χ4n) is 3.68. The van der Waals surface area contributed by atoms with Gasteiger partial charge in [0.1, 0.15) is 5.76 Å². The summed E-state index contributed by atoms with van der Waals surface area (Å²) in [7, 11) is 0. The van der Waals surface area contributed by atoms with Crippen LogP contribution in [-0.4, -0.2) is 24.0 Å². The van der Waals surface area contributed by atoms with Crippen LogP contribution in [0.1, 0.15) is 28.5 Å². The molecule has 2 N–H and O–H groups in total. The highest BCUT2D eigenvalue weighted by Crippen LogP contribution is 2.27. The van der Waals surface area contributed by atoms with Crippen molar-refractivity contribution < 1.29 is 9.21 Å². The second kappa shape index (κ2) is 8.31. The van der Waals surface area contributed by atoms with Crippen molar-refractivity contribution in [2.75, 3.05) is 18.4 Å². The van der Waals surface area contributed by atoms with Crippen molar-refractivity contribution in [1.82, 2.24) is 10.2 Å². The Kier molecular flexibility index (Phi) is 5.44. The maximum absolute atomic E-state index is 12.4. The van der Waals surface area contributed by atoms with Crippen LogP contribution in [0.4, 0.5) is 10.5 Å². The molecule has 2 aromatic carbocycles. The van der Waals surface area contributed by atoms with Gasteiger partial charge in [0, 0.05) is 25.3 Å². The number of anilines is 1. The Balaban J connectivity index is 1.43. The monoisotopic (exact) mass is 375 g/mol. The molecule has 5 heteroatoms. The molecule has 1 atom stereocenters. The van der Waals surface area contributed by atoms with E-state index in [-0.39, 0.29) is 12.1 Å². The van der Waals surface area contributed by atoms with Crippen LogP contribution >= 0.6 is 0 Å². The molecule has 0 saturated carbocycles. The van der Waals surface area contributed by atoms with Crippen molar-refractivity contribution in [1.29, 1.82) is 0 Å². The largest absolute Gasteiger partial charge is 0.468 e. The fraction of sp³-hybridized carbons (Fsp3) is 0.261. The van der Waals surface area contributed by atoms with E-state index in [1.807, 2.05) is 43.3 Å². The Labute approximate surface area is 165 Å². The number of rotatable bonds is 5. The Morgan fingerprint density at radius 3 is 2.61 bits per heavy atom. The number of carbonyl (C=O) groups is 1. The number of hydrogen-bond donors (Lipinski definition) is 2. The molecule has 0 bridgehead atoms. The van der Waals surface area contributed by atoms with Crippen molar-refractivity contribution in [2.24, 2.45) is 0 Å². The van der Waals surface area contributed by atoms with Gasteiger partial charge in [-0.1, -0.05) is 42.0 Å². The molecule has 28 heavy (non-hydrogen) atoms. The van der Waals surface area contributed by atoms with Crippen molar-refractivity contribution in [3.8, 4) is 0 Å². The first kappa shape index (κ1) is 18.3. The summed E-state index contributed by atoms with van der Waals surface area (Å²) in [5.74, 6) is 0.870. The van der Waals surface area contributed by atoms with Gasteiger partial charge in [-0.25, -0.2) is 4.79 Å². The van der Waals surface area contributed by atoms with Gasteiger partial charge < -0.3 is 15.1 Å². The molecule has 0 spiro atoms. The molecule has 4 rings (SSSR count). The van der Waals surface area contributed by atoms with E-state index in [0.717, 1.165) is 36.5 Å². The van der Waals surface area contributed by atoms with E-state index in [0.29, 0.717) is 6.54 Å². The third-order valence-corrected chi connectivity index (χ3v) is 5.24. The van der Waals surface area contributed by atoms with Crippen molar-refractivity contribution >= 4 is 11.7 Å². The van der Waals surface area contributed by atoms with Crippen LogP contribution in [0.5, 0.6) is 0 Å². The van der Waals surface area contributed by atoms with Gasteiger partial charge in [-0.15, -0.1) is 0 Å². The van der Waals surface area contributed by atoms with E-state index >= 15 is 0 Å². The molecule has 5 nitrogen and oxygen atoms in total. The minimum Gasteiger partial charge on any atom is -0.468 e. The normalized spacial score (nSPS) is 14.9. The highest BCUT2D eigenvalue weighted by Gasteiger charge is 2.27. The number of hydrogen-bond acceptors (Lipinski definition) is 3. The second-order valence-corrected chi connectivity index (χ2v) is 7.22. The molecule has 0 aliphatic carbocycles. The number of urea groups is 1. The molecular formula is C23H25N3O2. The number of nitrogens with zero attached hydrogens (tertiary/aromatic N) is 1. The smallest absolute Gasteiger partial charge is 0.319 e. The summed E-state index contributed by atoms with van der Waals surface area (Å²) in [6.45, 7) is 4.29. The summed E-state index contributed by atoms with van der Waals surface area (Å²) >= 11 is 0. The lowest BCUT2D eigenvalue weighted by molar-refractivity contribution is 0.156. The summed E-state index contributed by atoms with van der Waals surface area (Å²) < 4.78 is 5.69. The van der Waals surface area contributed by atoms with Crippen LogP contribution in [-0.2, 0) is 13.0 Å². The SMILES string of the molecule is Cc1ccc(NC(=O)NC[C@H](c2ccco2)N2CCc3ccccc3C2)cc1. The third-order valence-electron chi connectivity index (χ3n) is 5.24. The van der Waals surface area contributed by atoms with Crippen LogP contribution in [0.2, 0.25) is 0 Å². The fourth-order valence-corrected chi connectivity index (χ4v) is 3.68. The number of nitrogens with one attached hydrogen (secondary N) is 2. The van der Waals surface area contributed by atoms with E-state index in [1.165, 1.54) is 11.1 Å². The number of furan rings is 1. The van der Waals surface area contributed by atoms with Gasteiger partial charge in [0.15, 0.2) is 0 Å². The standard InChI is InChI=1S/C23H25N3O2/c1-17-8-10-20(11-9-17)25-23(27)24-15-21(22-7-4-14-28-22)26-13-12-18-5-2-3-6-19(18)16-26/h2-11,14,21H,12-13,15-16H2,1H3,(H2,24,25,27)/t21-/m1/s1. The van der Waals surface area contributed by atoms with E-state index in [2.05, 4.69) is 39.8 Å². The topological polar surface area (TPSA) is 57.5 Å². The second-order valence-electron chi connectivity index (χ2n) is 7.22. The minimum atomic E-state index is -0.210. The molecule has 2 amide bonds. The number of amides is 2. The van der Waals surface area contributed by atoms with Gasteiger partial charge in [0.25, 0.3) is 0 Å². The van der Waals surface area contributed by atoms with E-state index in [1.54, 1.807) is 6.26 Å². The average Bonchev–Trinajstić information content (AvgIpc) is 3.24. The highest BCUT2D eigenvalue weighted by molar-refractivity contribution is 5.89. The molecule has 144 valence electrons. The third kappa shape index (κ3) is 4.26. The van der Waals surface area contributed by atoms with Gasteiger partial charge in [-0.3, -0.25) is 4.90 Å². The van der Waals surface area contributed by atoms with Crippen molar-refractivity contribution in [3.05, 3.63) is 89.4 Å². The lowest BCUT2D eigenvalue weighted by Crippen LogP contribution is -2.41. The van der Waals surface area contributed by atoms with Gasteiger partial charge in [-0.05, 0) is 48.7 Å². The molecule has 0 saturated heterocycles.